The van der Waals surface area contributed by atoms with E-state index in [9.17, 15) is 22.7 Å². The van der Waals surface area contributed by atoms with Crippen molar-refractivity contribution in [3.63, 3.8) is 0 Å². The Labute approximate surface area is 160 Å². The number of nitrogens with one attached hydrogen (secondary N) is 2. The maximum Gasteiger partial charge on any atom is 0.408 e. The topological polar surface area (TPSA) is 86.2 Å². The minimum absolute atomic E-state index is 0.0314. The van der Waals surface area contributed by atoms with E-state index in [0.29, 0.717) is 12.8 Å². The van der Waals surface area contributed by atoms with Crippen LogP contribution in [0.3, 0.4) is 0 Å². The molecule has 1 saturated heterocycles. The summed E-state index contributed by atoms with van der Waals surface area (Å²) < 4.78 is 53.2. The summed E-state index contributed by atoms with van der Waals surface area (Å²) in [5.41, 5.74) is 0.107. The number of hydrogen-bond donors (Lipinski definition) is 3. The molecule has 0 aromatic carbocycles. The zero-order valence-corrected chi connectivity index (χ0v) is 15.7. The van der Waals surface area contributed by atoms with E-state index < -0.39 is 24.1 Å². The third kappa shape index (κ3) is 4.88. The van der Waals surface area contributed by atoms with E-state index in [4.69, 9.17) is 0 Å². The second-order valence-corrected chi connectivity index (χ2v) is 7.34. The van der Waals surface area contributed by atoms with Gasteiger partial charge in [0, 0.05) is 18.2 Å². The molecule has 1 aliphatic carbocycles. The molecule has 0 amide bonds. The number of aliphatic hydroxyl groups excluding tert-OH is 1. The van der Waals surface area contributed by atoms with E-state index in [1.54, 1.807) is 0 Å². The molecular formula is C17H24F4N6O. The Morgan fingerprint density at radius 3 is 2.54 bits per heavy atom. The number of halogens is 4. The van der Waals surface area contributed by atoms with Crippen molar-refractivity contribution in [3.05, 3.63) is 11.7 Å². The van der Waals surface area contributed by atoms with Crippen LogP contribution in [0.5, 0.6) is 0 Å². The Hall–Kier alpha value is -2.01. The van der Waals surface area contributed by atoms with Crippen LogP contribution in [0.1, 0.15) is 38.4 Å². The second-order valence-electron chi connectivity index (χ2n) is 7.34. The standard InChI is InChI=1S/C17H24F4N6O/c1-9(17(19,20)21)22-15-24-14(11-4-3-5-12(28)13(11)18)25-16(26-15)23-10-6-7-27(2)8-10/h9-10,12,28H,3-8H2,1-2H3,(H2,22,23,24,25,26)/t9-,10-,12?/m1/s1. The third-order valence-electron chi connectivity index (χ3n) is 4.95. The molecular weight excluding hydrogens is 380 g/mol. The number of nitrogens with zero attached hydrogens (tertiary/aromatic N) is 4. The van der Waals surface area contributed by atoms with E-state index in [1.165, 1.54) is 0 Å². The number of aliphatic hydroxyl groups is 1. The average Bonchev–Trinajstić information content (AvgIpc) is 3.01. The number of likely N-dealkylation sites (tertiary alicyclic amines) is 1. The summed E-state index contributed by atoms with van der Waals surface area (Å²) in [5.74, 6) is -0.998. The van der Waals surface area contributed by atoms with Crippen LogP contribution in [0.4, 0.5) is 29.5 Å². The van der Waals surface area contributed by atoms with Gasteiger partial charge in [0.15, 0.2) is 5.82 Å². The average molecular weight is 404 g/mol. The SMILES string of the molecule is C[C@@H](Nc1nc(N[C@@H]2CCN(C)C2)nc(C2=C(F)C(O)CCC2)n1)C(F)(F)F. The predicted octanol–water partition coefficient (Wildman–Crippen LogP) is 2.58. The van der Waals surface area contributed by atoms with Gasteiger partial charge in [0.05, 0.1) is 0 Å². The van der Waals surface area contributed by atoms with E-state index in [1.807, 2.05) is 7.05 Å². The summed E-state index contributed by atoms with van der Waals surface area (Å²) in [6.07, 6.45) is -3.78. The smallest absolute Gasteiger partial charge is 0.386 e. The van der Waals surface area contributed by atoms with Crippen LogP contribution < -0.4 is 10.6 Å². The lowest BCUT2D eigenvalue weighted by atomic mass is 9.96. The summed E-state index contributed by atoms with van der Waals surface area (Å²) in [4.78, 5) is 14.4. The van der Waals surface area contributed by atoms with Crippen LogP contribution in [0.15, 0.2) is 5.83 Å². The number of alkyl halides is 3. The fourth-order valence-corrected chi connectivity index (χ4v) is 3.29. The number of anilines is 2. The minimum Gasteiger partial charge on any atom is -0.386 e. The van der Waals surface area contributed by atoms with Gasteiger partial charge in [0.25, 0.3) is 0 Å². The third-order valence-corrected chi connectivity index (χ3v) is 4.95. The second kappa shape index (κ2) is 8.16. The molecule has 0 radical (unpaired) electrons. The molecule has 3 atom stereocenters. The van der Waals surface area contributed by atoms with Gasteiger partial charge >= 0.3 is 6.18 Å². The van der Waals surface area contributed by atoms with Crippen molar-refractivity contribution >= 4 is 17.5 Å². The van der Waals surface area contributed by atoms with Gasteiger partial charge in [0.2, 0.25) is 11.9 Å². The summed E-state index contributed by atoms with van der Waals surface area (Å²) in [5, 5.41) is 15.1. The molecule has 1 unspecified atom stereocenters. The highest BCUT2D eigenvalue weighted by Gasteiger charge is 2.37. The van der Waals surface area contributed by atoms with Crippen molar-refractivity contribution in [1.82, 2.24) is 19.9 Å². The number of rotatable bonds is 5. The molecule has 7 nitrogen and oxygen atoms in total. The first-order valence-electron chi connectivity index (χ1n) is 9.25. The quantitative estimate of drug-likeness (QED) is 0.651. The fourth-order valence-electron chi connectivity index (χ4n) is 3.29. The molecule has 0 bridgehead atoms. The maximum atomic E-state index is 14.4. The van der Waals surface area contributed by atoms with E-state index in [0.717, 1.165) is 26.4 Å². The van der Waals surface area contributed by atoms with Gasteiger partial charge in [-0.25, -0.2) is 4.39 Å². The number of aromatic nitrogens is 3. The van der Waals surface area contributed by atoms with Crippen LogP contribution in [0, 0.1) is 0 Å². The van der Waals surface area contributed by atoms with Gasteiger partial charge in [-0.2, -0.15) is 28.1 Å². The molecule has 2 aliphatic rings. The van der Waals surface area contributed by atoms with Gasteiger partial charge in [-0.15, -0.1) is 0 Å². The number of likely N-dealkylation sites (N-methyl/N-ethyl adjacent to an activating group) is 1. The Morgan fingerprint density at radius 1 is 1.18 bits per heavy atom. The Morgan fingerprint density at radius 2 is 1.89 bits per heavy atom. The van der Waals surface area contributed by atoms with E-state index >= 15 is 0 Å². The molecule has 1 aliphatic heterocycles. The molecule has 1 aromatic rings. The molecule has 11 heteroatoms. The normalized spacial score (nSPS) is 25.1. The molecule has 1 fully saturated rings. The van der Waals surface area contributed by atoms with Crippen molar-refractivity contribution in [2.75, 3.05) is 30.8 Å². The van der Waals surface area contributed by atoms with Gasteiger partial charge in [-0.05, 0) is 46.2 Å². The van der Waals surface area contributed by atoms with Gasteiger partial charge in [-0.3, -0.25) is 0 Å². The number of allylic oxidation sites excluding steroid dienone is 1. The van der Waals surface area contributed by atoms with Crippen LogP contribution in [0.25, 0.3) is 5.57 Å². The lowest BCUT2D eigenvalue weighted by Gasteiger charge is -2.21. The molecule has 0 saturated carbocycles. The lowest BCUT2D eigenvalue weighted by molar-refractivity contribution is -0.138. The van der Waals surface area contributed by atoms with Crippen molar-refractivity contribution in [2.45, 2.75) is 57.0 Å². The Bertz CT molecular complexity index is 741. The molecule has 1 aromatic heterocycles. The van der Waals surface area contributed by atoms with Crippen LogP contribution in [0.2, 0.25) is 0 Å². The minimum atomic E-state index is -4.49. The summed E-state index contributed by atoms with van der Waals surface area (Å²) in [7, 11) is 1.96. The van der Waals surface area contributed by atoms with Crippen molar-refractivity contribution in [1.29, 1.82) is 0 Å². The number of hydrogen-bond acceptors (Lipinski definition) is 7. The summed E-state index contributed by atoms with van der Waals surface area (Å²) >= 11 is 0. The Kier molecular flexibility index (Phi) is 6.04. The Balaban J connectivity index is 1.92. The van der Waals surface area contributed by atoms with E-state index in [2.05, 4.69) is 30.5 Å². The van der Waals surface area contributed by atoms with Crippen LogP contribution in [-0.4, -0.2) is 69.5 Å². The van der Waals surface area contributed by atoms with E-state index in [-0.39, 0.29) is 35.8 Å². The van der Waals surface area contributed by atoms with Gasteiger partial charge < -0.3 is 20.6 Å². The molecule has 2 heterocycles. The summed E-state index contributed by atoms with van der Waals surface area (Å²) in [6.45, 7) is 2.56. The molecule has 0 spiro atoms. The molecule has 28 heavy (non-hydrogen) atoms. The largest absolute Gasteiger partial charge is 0.408 e. The van der Waals surface area contributed by atoms with Crippen molar-refractivity contribution in [3.8, 4) is 0 Å². The van der Waals surface area contributed by atoms with Crippen LogP contribution in [-0.2, 0) is 0 Å². The lowest BCUT2D eigenvalue weighted by Crippen LogP contribution is -2.34. The maximum absolute atomic E-state index is 14.4. The van der Waals surface area contributed by atoms with Crippen LogP contribution >= 0.6 is 0 Å². The van der Waals surface area contributed by atoms with Gasteiger partial charge in [0.1, 0.15) is 18.0 Å². The first-order valence-corrected chi connectivity index (χ1v) is 9.25. The first-order chi connectivity index (χ1) is 13.1. The van der Waals surface area contributed by atoms with Crippen molar-refractivity contribution in [2.24, 2.45) is 0 Å². The highest BCUT2D eigenvalue weighted by atomic mass is 19.4. The summed E-state index contributed by atoms with van der Waals surface area (Å²) in [6, 6.07) is -1.85. The van der Waals surface area contributed by atoms with Gasteiger partial charge in [-0.1, -0.05) is 0 Å². The highest BCUT2D eigenvalue weighted by molar-refractivity contribution is 5.65. The predicted molar refractivity (Wildman–Crippen MR) is 96.4 cm³/mol. The molecule has 3 N–H and O–H groups in total. The first kappa shape index (κ1) is 20.7. The molecule has 3 rings (SSSR count). The zero-order chi connectivity index (χ0) is 20.5. The highest BCUT2D eigenvalue weighted by Crippen LogP contribution is 2.32. The zero-order valence-electron chi connectivity index (χ0n) is 15.7. The fraction of sp³-hybridized carbons (Fsp3) is 0.706. The monoisotopic (exact) mass is 404 g/mol. The van der Waals surface area contributed by atoms with Crippen molar-refractivity contribution < 1.29 is 22.7 Å². The molecule has 156 valence electrons.